The maximum absolute atomic E-state index is 8.68. The standard InChI is InChI=1S/C12H21N3O/c1-10-11(2)14-12(9-13-10)15(3)7-5-4-6-8-16/h9,16H,4-8H2,1-3H3. The van der Waals surface area contributed by atoms with Gasteiger partial charge in [0.1, 0.15) is 5.82 Å². The normalized spacial score (nSPS) is 10.5. The Morgan fingerprint density at radius 1 is 1.19 bits per heavy atom. The molecule has 0 spiro atoms. The minimum Gasteiger partial charge on any atom is -0.396 e. The molecule has 1 N–H and O–H groups in total. The van der Waals surface area contributed by atoms with Gasteiger partial charge in [0, 0.05) is 20.2 Å². The molecule has 0 atom stereocenters. The molecule has 4 heteroatoms. The van der Waals surface area contributed by atoms with Crippen LogP contribution in [-0.2, 0) is 0 Å². The Bertz CT molecular complexity index is 328. The lowest BCUT2D eigenvalue weighted by Gasteiger charge is -2.18. The summed E-state index contributed by atoms with van der Waals surface area (Å²) in [5, 5.41) is 8.68. The lowest BCUT2D eigenvalue weighted by molar-refractivity contribution is 0.283. The van der Waals surface area contributed by atoms with Crippen LogP contribution in [0.15, 0.2) is 6.20 Å². The molecular weight excluding hydrogens is 202 g/mol. The Balaban J connectivity index is 2.46. The molecular formula is C12H21N3O. The maximum Gasteiger partial charge on any atom is 0.147 e. The summed E-state index contributed by atoms with van der Waals surface area (Å²) in [6, 6.07) is 0. The first-order chi connectivity index (χ1) is 7.65. The molecule has 4 nitrogen and oxygen atoms in total. The molecule has 1 heterocycles. The highest BCUT2D eigenvalue weighted by Gasteiger charge is 2.04. The molecule has 0 aromatic carbocycles. The number of hydrogen-bond acceptors (Lipinski definition) is 4. The molecule has 0 saturated heterocycles. The third-order valence-corrected chi connectivity index (χ3v) is 2.72. The van der Waals surface area contributed by atoms with E-state index in [-0.39, 0.29) is 6.61 Å². The van der Waals surface area contributed by atoms with Crippen LogP contribution in [0.3, 0.4) is 0 Å². The number of rotatable bonds is 6. The van der Waals surface area contributed by atoms with E-state index >= 15 is 0 Å². The van der Waals surface area contributed by atoms with E-state index in [4.69, 9.17) is 5.11 Å². The van der Waals surface area contributed by atoms with Crippen LogP contribution in [0.25, 0.3) is 0 Å². The summed E-state index contributed by atoms with van der Waals surface area (Å²) in [7, 11) is 2.03. The van der Waals surface area contributed by atoms with Crippen molar-refractivity contribution < 1.29 is 5.11 Å². The Hall–Kier alpha value is -1.16. The Morgan fingerprint density at radius 2 is 1.94 bits per heavy atom. The fourth-order valence-electron chi connectivity index (χ4n) is 1.47. The molecule has 0 fully saturated rings. The molecule has 0 aliphatic rings. The quantitative estimate of drug-likeness (QED) is 0.746. The van der Waals surface area contributed by atoms with Crippen molar-refractivity contribution in [2.75, 3.05) is 25.1 Å². The number of anilines is 1. The number of aliphatic hydroxyl groups is 1. The molecule has 0 amide bonds. The molecule has 1 aromatic rings. The fraction of sp³-hybridized carbons (Fsp3) is 0.667. The van der Waals surface area contributed by atoms with E-state index in [1.165, 1.54) is 0 Å². The van der Waals surface area contributed by atoms with Gasteiger partial charge in [-0.05, 0) is 33.1 Å². The van der Waals surface area contributed by atoms with Crippen molar-refractivity contribution in [3.8, 4) is 0 Å². The van der Waals surface area contributed by atoms with Crippen LogP contribution in [-0.4, -0.2) is 35.3 Å². The van der Waals surface area contributed by atoms with Crippen molar-refractivity contribution in [1.82, 2.24) is 9.97 Å². The first-order valence-corrected chi connectivity index (χ1v) is 5.77. The summed E-state index contributed by atoms with van der Waals surface area (Å²) >= 11 is 0. The monoisotopic (exact) mass is 223 g/mol. The molecule has 0 unspecified atom stereocenters. The van der Waals surface area contributed by atoms with Crippen LogP contribution in [0.5, 0.6) is 0 Å². The summed E-state index contributed by atoms with van der Waals surface area (Å²) in [4.78, 5) is 10.9. The zero-order valence-corrected chi connectivity index (χ0v) is 10.4. The second-order valence-electron chi connectivity index (χ2n) is 4.10. The summed E-state index contributed by atoms with van der Waals surface area (Å²) in [5.74, 6) is 0.923. The maximum atomic E-state index is 8.68. The van der Waals surface area contributed by atoms with Gasteiger partial charge in [-0.25, -0.2) is 4.98 Å². The first-order valence-electron chi connectivity index (χ1n) is 5.77. The van der Waals surface area contributed by atoms with Gasteiger partial charge in [0.25, 0.3) is 0 Å². The van der Waals surface area contributed by atoms with E-state index in [1.807, 2.05) is 27.1 Å². The second kappa shape index (κ2) is 6.43. The fourth-order valence-corrected chi connectivity index (χ4v) is 1.47. The lowest BCUT2D eigenvalue weighted by Crippen LogP contribution is -2.20. The molecule has 1 rings (SSSR count). The highest BCUT2D eigenvalue weighted by atomic mass is 16.2. The predicted octanol–water partition coefficient (Wildman–Crippen LogP) is 1.69. The molecule has 90 valence electrons. The van der Waals surface area contributed by atoms with Gasteiger partial charge in [-0.3, -0.25) is 4.98 Å². The van der Waals surface area contributed by atoms with Gasteiger partial charge >= 0.3 is 0 Å². The highest BCUT2D eigenvalue weighted by Crippen LogP contribution is 2.11. The molecule has 0 saturated carbocycles. The van der Waals surface area contributed by atoms with Crippen LogP contribution in [0.1, 0.15) is 30.7 Å². The van der Waals surface area contributed by atoms with Gasteiger partial charge in [-0.15, -0.1) is 0 Å². The predicted molar refractivity (Wildman–Crippen MR) is 65.7 cm³/mol. The van der Waals surface area contributed by atoms with E-state index in [2.05, 4.69) is 14.9 Å². The van der Waals surface area contributed by atoms with Crippen molar-refractivity contribution in [2.45, 2.75) is 33.1 Å². The molecule has 16 heavy (non-hydrogen) atoms. The van der Waals surface area contributed by atoms with Gasteiger partial charge in [0.05, 0.1) is 17.6 Å². The lowest BCUT2D eigenvalue weighted by atomic mass is 10.2. The van der Waals surface area contributed by atoms with Crippen molar-refractivity contribution >= 4 is 5.82 Å². The average molecular weight is 223 g/mol. The highest BCUT2D eigenvalue weighted by molar-refractivity contribution is 5.36. The molecule has 0 aliphatic carbocycles. The minimum atomic E-state index is 0.285. The largest absolute Gasteiger partial charge is 0.396 e. The van der Waals surface area contributed by atoms with Crippen LogP contribution in [0.4, 0.5) is 5.82 Å². The van der Waals surface area contributed by atoms with E-state index < -0.39 is 0 Å². The number of aromatic nitrogens is 2. The third kappa shape index (κ3) is 3.77. The number of nitrogens with zero attached hydrogens (tertiary/aromatic N) is 3. The van der Waals surface area contributed by atoms with Gasteiger partial charge in [-0.1, -0.05) is 0 Å². The summed E-state index contributed by atoms with van der Waals surface area (Å²) in [6.45, 7) is 5.18. The van der Waals surface area contributed by atoms with Gasteiger partial charge in [0.2, 0.25) is 0 Å². The Morgan fingerprint density at radius 3 is 2.56 bits per heavy atom. The van der Waals surface area contributed by atoms with Crippen molar-refractivity contribution in [3.05, 3.63) is 17.6 Å². The van der Waals surface area contributed by atoms with Crippen molar-refractivity contribution in [2.24, 2.45) is 0 Å². The molecule has 1 aromatic heterocycles. The number of hydrogen-bond donors (Lipinski definition) is 1. The van der Waals surface area contributed by atoms with Crippen LogP contribution in [0, 0.1) is 13.8 Å². The van der Waals surface area contributed by atoms with E-state index in [1.54, 1.807) is 0 Å². The van der Waals surface area contributed by atoms with E-state index in [0.717, 1.165) is 43.0 Å². The van der Waals surface area contributed by atoms with Crippen molar-refractivity contribution in [3.63, 3.8) is 0 Å². The minimum absolute atomic E-state index is 0.285. The summed E-state index contributed by atoms with van der Waals surface area (Å²) in [6.07, 6.45) is 4.82. The Kier molecular flexibility index (Phi) is 5.19. The Labute approximate surface area is 97.3 Å². The number of aryl methyl sites for hydroxylation is 2. The number of aliphatic hydroxyl groups excluding tert-OH is 1. The van der Waals surface area contributed by atoms with E-state index in [9.17, 15) is 0 Å². The molecule has 0 bridgehead atoms. The van der Waals surface area contributed by atoms with Crippen molar-refractivity contribution in [1.29, 1.82) is 0 Å². The summed E-state index contributed by atoms with van der Waals surface area (Å²) in [5.41, 5.74) is 1.97. The zero-order valence-electron chi connectivity index (χ0n) is 10.4. The average Bonchev–Trinajstić information content (AvgIpc) is 2.28. The van der Waals surface area contributed by atoms with Gasteiger partial charge in [0.15, 0.2) is 0 Å². The number of unbranched alkanes of at least 4 members (excludes halogenated alkanes) is 2. The van der Waals surface area contributed by atoms with Crippen LogP contribution in [0.2, 0.25) is 0 Å². The molecule has 0 radical (unpaired) electrons. The van der Waals surface area contributed by atoms with Gasteiger partial charge in [-0.2, -0.15) is 0 Å². The first kappa shape index (κ1) is 12.9. The smallest absolute Gasteiger partial charge is 0.147 e. The topological polar surface area (TPSA) is 49.2 Å². The van der Waals surface area contributed by atoms with Gasteiger partial charge < -0.3 is 10.0 Å². The third-order valence-electron chi connectivity index (χ3n) is 2.72. The van der Waals surface area contributed by atoms with Crippen LogP contribution >= 0.6 is 0 Å². The summed E-state index contributed by atoms with van der Waals surface area (Å²) < 4.78 is 0. The molecule has 0 aliphatic heterocycles. The second-order valence-corrected chi connectivity index (χ2v) is 4.10. The SMILES string of the molecule is Cc1ncc(N(C)CCCCCO)nc1C. The van der Waals surface area contributed by atoms with Crippen LogP contribution < -0.4 is 4.90 Å². The zero-order chi connectivity index (χ0) is 12.0. The van der Waals surface area contributed by atoms with E-state index in [0.29, 0.717) is 0 Å².